The summed E-state index contributed by atoms with van der Waals surface area (Å²) in [4.78, 5) is 10.4. The first-order chi connectivity index (χ1) is 6.18. The van der Waals surface area contributed by atoms with Crippen LogP contribution >= 0.6 is 0 Å². The smallest absolute Gasteiger partial charge is 0.303 e. The summed E-state index contributed by atoms with van der Waals surface area (Å²) >= 11 is 0. The molecular formula is C9H10O4. The fraction of sp³-hybridized carbons (Fsp3) is 0.444. The topological polar surface area (TPSA) is 70.7 Å². The summed E-state index contributed by atoms with van der Waals surface area (Å²) in [5.74, 6) is -0.389. The van der Waals surface area contributed by atoms with E-state index in [2.05, 4.69) is 0 Å². The number of aliphatic carboxylic acids is 1. The van der Waals surface area contributed by atoms with E-state index in [1.165, 1.54) is 6.26 Å². The quantitative estimate of drug-likeness (QED) is 0.714. The minimum Gasteiger partial charge on any atom is -0.481 e. The second-order valence-corrected chi connectivity index (χ2v) is 3.31. The molecule has 1 aromatic rings. The van der Waals surface area contributed by atoms with Gasteiger partial charge in [-0.25, -0.2) is 0 Å². The van der Waals surface area contributed by atoms with Gasteiger partial charge in [-0.2, -0.15) is 0 Å². The minimum atomic E-state index is -0.880. The number of aliphatic hydroxyl groups is 1. The first kappa shape index (κ1) is 8.31. The molecule has 4 heteroatoms. The predicted octanol–water partition coefficient (Wildman–Crippen LogP) is 0.960. The maximum atomic E-state index is 10.4. The normalized spacial score (nSPS) is 25.9. The van der Waals surface area contributed by atoms with Crippen molar-refractivity contribution in [3.8, 4) is 0 Å². The number of carboxylic acids is 1. The molecule has 0 aliphatic heterocycles. The van der Waals surface area contributed by atoms with Gasteiger partial charge in [-0.3, -0.25) is 4.79 Å². The zero-order valence-electron chi connectivity index (χ0n) is 6.93. The Morgan fingerprint density at radius 3 is 3.08 bits per heavy atom. The van der Waals surface area contributed by atoms with Gasteiger partial charge in [0, 0.05) is 17.9 Å². The fourth-order valence-corrected chi connectivity index (χ4v) is 1.79. The molecule has 2 rings (SSSR count). The number of carboxylic acid groups (broad SMARTS) is 1. The minimum absolute atomic E-state index is 0.00856. The Kier molecular flexibility index (Phi) is 1.84. The van der Waals surface area contributed by atoms with Crippen LogP contribution in [0.1, 0.15) is 23.8 Å². The molecule has 0 amide bonds. The van der Waals surface area contributed by atoms with Gasteiger partial charge in [-0.15, -0.1) is 0 Å². The Hall–Kier alpha value is -1.29. The molecule has 1 aliphatic rings. The summed E-state index contributed by atoms with van der Waals surface area (Å²) in [6.07, 6.45) is 1.36. The van der Waals surface area contributed by atoms with E-state index in [1.54, 1.807) is 6.07 Å². The lowest BCUT2D eigenvalue weighted by Crippen LogP contribution is -2.12. The van der Waals surface area contributed by atoms with Crippen molar-refractivity contribution in [2.24, 2.45) is 5.92 Å². The van der Waals surface area contributed by atoms with Crippen molar-refractivity contribution in [1.29, 1.82) is 0 Å². The molecule has 2 atom stereocenters. The first-order valence-corrected chi connectivity index (χ1v) is 4.14. The molecule has 0 aromatic carbocycles. The molecule has 0 saturated heterocycles. The molecule has 0 spiro atoms. The van der Waals surface area contributed by atoms with Crippen LogP contribution < -0.4 is 0 Å². The number of hydrogen-bond donors (Lipinski definition) is 2. The molecule has 70 valence electrons. The van der Waals surface area contributed by atoms with Gasteiger partial charge in [0.2, 0.25) is 0 Å². The van der Waals surface area contributed by atoms with Crippen LogP contribution in [0.3, 0.4) is 0 Å². The van der Waals surface area contributed by atoms with Crippen molar-refractivity contribution < 1.29 is 19.4 Å². The molecule has 13 heavy (non-hydrogen) atoms. The molecule has 2 unspecified atom stereocenters. The first-order valence-electron chi connectivity index (χ1n) is 4.14. The van der Waals surface area contributed by atoms with Crippen molar-refractivity contribution in [2.45, 2.75) is 18.9 Å². The monoisotopic (exact) mass is 182 g/mol. The Morgan fingerprint density at radius 1 is 1.69 bits per heavy atom. The third-order valence-corrected chi connectivity index (χ3v) is 2.43. The highest BCUT2D eigenvalue weighted by Gasteiger charge is 2.34. The van der Waals surface area contributed by atoms with Crippen LogP contribution in [0, 0.1) is 5.92 Å². The van der Waals surface area contributed by atoms with Crippen molar-refractivity contribution in [3.63, 3.8) is 0 Å². The summed E-state index contributed by atoms with van der Waals surface area (Å²) in [6, 6.07) is 1.70. The number of furan rings is 1. The highest BCUT2D eigenvalue weighted by molar-refractivity contribution is 5.67. The van der Waals surface area contributed by atoms with Gasteiger partial charge in [-0.05, 0) is 6.07 Å². The van der Waals surface area contributed by atoms with Crippen molar-refractivity contribution in [3.05, 3.63) is 23.7 Å². The Balaban J connectivity index is 2.14. The standard InChI is InChI=1S/C9H10O4/c10-8(11)4-5-3-7-6(9(5)12)1-2-13-7/h1-2,5,9,12H,3-4H2,(H,10,11). The lowest BCUT2D eigenvalue weighted by molar-refractivity contribution is -0.139. The highest BCUT2D eigenvalue weighted by atomic mass is 16.4. The predicted molar refractivity (Wildman–Crippen MR) is 43.1 cm³/mol. The summed E-state index contributed by atoms with van der Waals surface area (Å²) in [5.41, 5.74) is 0.742. The maximum Gasteiger partial charge on any atom is 0.303 e. The van der Waals surface area contributed by atoms with Crippen LogP contribution in [0.5, 0.6) is 0 Å². The van der Waals surface area contributed by atoms with E-state index < -0.39 is 12.1 Å². The zero-order chi connectivity index (χ0) is 9.42. The largest absolute Gasteiger partial charge is 0.481 e. The van der Waals surface area contributed by atoms with E-state index in [1.807, 2.05) is 0 Å². The summed E-state index contributed by atoms with van der Waals surface area (Å²) in [6.45, 7) is 0. The summed E-state index contributed by atoms with van der Waals surface area (Å²) in [7, 11) is 0. The van der Waals surface area contributed by atoms with E-state index >= 15 is 0 Å². The third kappa shape index (κ3) is 1.33. The molecule has 0 bridgehead atoms. The number of hydrogen-bond acceptors (Lipinski definition) is 3. The van der Waals surface area contributed by atoms with E-state index in [0.717, 1.165) is 11.3 Å². The molecule has 0 saturated carbocycles. The summed E-state index contributed by atoms with van der Waals surface area (Å²) in [5, 5.41) is 18.2. The number of rotatable bonds is 2. The van der Waals surface area contributed by atoms with Crippen LogP contribution in [-0.2, 0) is 11.2 Å². The van der Waals surface area contributed by atoms with E-state index in [-0.39, 0.29) is 12.3 Å². The molecule has 0 radical (unpaired) electrons. The van der Waals surface area contributed by atoms with Crippen molar-refractivity contribution >= 4 is 5.97 Å². The number of fused-ring (bicyclic) bond motifs is 1. The van der Waals surface area contributed by atoms with Gasteiger partial charge in [0.15, 0.2) is 0 Å². The Bertz CT molecular complexity index is 328. The second kappa shape index (κ2) is 2.88. The Labute approximate surface area is 74.8 Å². The number of carbonyl (C=O) groups is 1. The summed E-state index contributed by atoms with van der Waals surface area (Å²) < 4.78 is 5.11. The molecule has 1 aliphatic carbocycles. The number of aliphatic hydroxyl groups excluding tert-OH is 1. The second-order valence-electron chi connectivity index (χ2n) is 3.31. The lowest BCUT2D eigenvalue weighted by atomic mass is 10.00. The molecule has 4 nitrogen and oxygen atoms in total. The highest BCUT2D eigenvalue weighted by Crippen LogP contribution is 2.38. The molecule has 0 fully saturated rings. The van der Waals surface area contributed by atoms with Gasteiger partial charge in [0.05, 0.1) is 18.8 Å². The van der Waals surface area contributed by atoms with Crippen LogP contribution in [-0.4, -0.2) is 16.2 Å². The van der Waals surface area contributed by atoms with Crippen LogP contribution in [0.4, 0.5) is 0 Å². The Morgan fingerprint density at radius 2 is 2.46 bits per heavy atom. The fourth-order valence-electron chi connectivity index (χ4n) is 1.79. The molecular weight excluding hydrogens is 172 g/mol. The van der Waals surface area contributed by atoms with Gasteiger partial charge in [0.25, 0.3) is 0 Å². The van der Waals surface area contributed by atoms with Gasteiger partial charge in [-0.1, -0.05) is 0 Å². The van der Waals surface area contributed by atoms with Gasteiger partial charge < -0.3 is 14.6 Å². The molecule has 2 N–H and O–H groups in total. The molecule has 1 heterocycles. The maximum absolute atomic E-state index is 10.4. The van der Waals surface area contributed by atoms with Gasteiger partial charge >= 0.3 is 5.97 Å². The lowest BCUT2D eigenvalue weighted by Gasteiger charge is -2.10. The van der Waals surface area contributed by atoms with Crippen LogP contribution in [0.2, 0.25) is 0 Å². The van der Waals surface area contributed by atoms with E-state index in [4.69, 9.17) is 9.52 Å². The van der Waals surface area contributed by atoms with Gasteiger partial charge in [0.1, 0.15) is 5.76 Å². The van der Waals surface area contributed by atoms with Crippen molar-refractivity contribution in [2.75, 3.05) is 0 Å². The van der Waals surface area contributed by atoms with E-state index in [9.17, 15) is 9.90 Å². The van der Waals surface area contributed by atoms with E-state index in [0.29, 0.717) is 6.42 Å². The third-order valence-electron chi connectivity index (χ3n) is 2.43. The average molecular weight is 182 g/mol. The van der Waals surface area contributed by atoms with Crippen LogP contribution in [0.25, 0.3) is 0 Å². The SMILES string of the molecule is O=C(O)CC1Cc2occc2C1O. The van der Waals surface area contributed by atoms with Crippen LogP contribution in [0.15, 0.2) is 16.7 Å². The van der Waals surface area contributed by atoms with Crippen molar-refractivity contribution in [1.82, 2.24) is 0 Å². The zero-order valence-corrected chi connectivity index (χ0v) is 6.93. The molecule has 1 aromatic heterocycles. The average Bonchev–Trinajstić information content (AvgIpc) is 2.56.